The van der Waals surface area contributed by atoms with Gasteiger partial charge in [0.1, 0.15) is 31.2 Å². The van der Waals surface area contributed by atoms with Gasteiger partial charge in [-0.1, -0.05) is 46.5 Å². The highest BCUT2D eigenvalue weighted by Crippen LogP contribution is 2.32. The molecule has 37 heavy (non-hydrogen) atoms. The van der Waals surface area contributed by atoms with E-state index < -0.39 is 48.1 Å². The van der Waals surface area contributed by atoms with Crippen molar-refractivity contribution in [2.75, 3.05) is 12.3 Å². The van der Waals surface area contributed by atoms with Gasteiger partial charge in [-0.05, 0) is 18.8 Å². The molecule has 12 nitrogen and oxygen atoms in total. The molecule has 5 N–H and O–H groups in total. The first-order chi connectivity index (χ1) is 17.7. The predicted molar refractivity (Wildman–Crippen MR) is 133 cm³/mol. The number of hydrogen-bond acceptors (Lipinski definition) is 10. The van der Waals surface area contributed by atoms with E-state index in [1.807, 2.05) is 13.8 Å². The normalized spacial score (nSPS) is 22.0. The summed E-state index contributed by atoms with van der Waals surface area (Å²) in [4.78, 5) is 47.8. The third-order valence-corrected chi connectivity index (χ3v) is 6.68. The number of hydrogen-bond donors (Lipinski definition) is 3. The SMILES string of the molecule is CCCCCCC(OC(=O)[C@@H](N)[C@@H](C)CC)C(=O)OC[C@H]1O[C@@H](n2cnc3c(=O)[nH]c(N)nc32)CC1F. The number of halogens is 1. The first-order valence-corrected chi connectivity index (χ1v) is 12.8. The first kappa shape index (κ1) is 28.5. The van der Waals surface area contributed by atoms with Crippen molar-refractivity contribution in [1.82, 2.24) is 19.5 Å². The number of unbranched alkanes of at least 4 members (excludes halogenated alkanes) is 3. The van der Waals surface area contributed by atoms with E-state index in [1.165, 1.54) is 10.9 Å². The minimum Gasteiger partial charge on any atom is -0.460 e. The van der Waals surface area contributed by atoms with Gasteiger partial charge in [0, 0.05) is 6.42 Å². The minimum absolute atomic E-state index is 0.0476. The lowest BCUT2D eigenvalue weighted by molar-refractivity contribution is -0.173. The number of imidazole rings is 1. The quantitative estimate of drug-likeness (QED) is 0.260. The molecule has 0 spiro atoms. The van der Waals surface area contributed by atoms with Crippen LogP contribution in [0.1, 0.15) is 71.9 Å². The Hall–Kier alpha value is -3.06. The summed E-state index contributed by atoms with van der Waals surface area (Å²) < 4.78 is 32.8. The second-order valence-corrected chi connectivity index (χ2v) is 9.47. The summed E-state index contributed by atoms with van der Waals surface area (Å²) in [5.74, 6) is -1.65. The summed E-state index contributed by atoms with van der Waals surface area (Å²) in [6.07, 6.45) is 1.27. The summed E-state index contributed by atoms with van der Waals surface area (Å²) in [5, 5.41) is 0. The first-order valence-electron chi connectivity index (χ1n) is 12.8. The van der Waals surface area contributed by atoms with Crippen molar-refractivity contribution in [2.24, 2.45) is 11.7 Å². The average molecular weight is 525 g/mol. The fraction of sp³-hybridized carbons (Fsp3) is 0.708. The van der Waals surface area contributed by atoms with Gasteiger partial charge < -0.3 is 25.7 Å². The van der Waals surface area contributed by atoms with Crippen molar-refractivity contribution in [2.45, 2.75) is 96.4 Å². The zero-order chi connectivity index (χ0) is 27.1. The molecule has 2 aromatic rings. The number of esters is 2. The Morgan fingerprint density at radius 3 is 2.76 bits per heavy atom. The number of aromatic amines is 1. The van der Waals surface area contributed by atoms with Crippen LogP contribution in [0.5, 0.6) is 0 Å². The van der Waals surface area contributed by atoms with Crippen LogP contribution in [0.25, 0.3) is 11.2 Å². The summed E-state index contributed by atoms with van der Waals surface area (Å²) in [7, 11) is 0. The summed E-state index contributed by atoms with van der Waals surface area (Å²) in [6, 6.07) is -0.857. The van der Waals surface area contributed by atoms with Crippen molar-refractivity contribution >= 4 is 29.1 Å². The monoisotopic (exact) mass is 524 g/mol. The van der Waals surface area contributed by atoms with E-state index in [2.05, 4.69) is 21.9 Å². The maximum Gasteiger partial charge on any atom is 0.347 e. The third kappa shape index (κ3) is 7.04. The molecule has 2 aromatic heterocycles. The smallest absolute Gasteiger partial charge is 0.347 e. The van der Waals surface area contributed by atoms with Gasteiger partial charge in [-0.2, -0.15) is 4.98 Å². The fourth-order valence-corrected chi connectivity index (χ4v) is 4.11. The molecule has 0 bridgehead atoms. The van der Waals surface area contributed by atoms with Crippen molar-refractivity contribution < 1.29 is 28.2 Å². The van der Waals surface area contributed by atoms with Crippen LogP contribution >= 0.6 is 0 Å². The predicted octanol–water partition coefficient (Wildman–Crippen LogP) is 2.13. The Morgan fingerprint density at radius 2 is 2.05 bits per heavy atom. The number of fused-ring (bicyclic) bond motifs is 1. The van der Waals surface area contributed by atoms with Crippen molar-refractivity contribution in [1.29, 1.82) is 0 Å². The molecule has 0 amide bonds. The molecule has 2 unspecified atom stereocenters. The number of aromatic nitrogens is 4. The Morgan fingerprint density at radius 1 is 1.30 bits per heavy atom. The minimum atomic E-state index is -1.46. The van der Waals surface area contributed by atoms with Gasteiger partial charge in [0.2, 0.25) is 5.95 Å². The van der Waals surface area contributed by atoms with E-state index in [4.69, 9.17) is 25.7 Å². The Balaban J connectivity index is 1.62. The Labute approximate surface area is 214 Å². The van der Waals surface area contributed by atoms with E-state index >= 15 is 0 Å². The number of ether oxygens (including phenoxy) is 3. The maximum absolute atomic E-state index is 14.8. The molecule has 1 aliphatic heterocycles. The van der Waals surface area contributed by atoms with Gasteiger partial charge in [0.05, 0.1) is 6.33 Å². The number of nitrogens with one attached hydrogen (secondary N) is 1. The van der Waals surface area contributed by atoms with Crippen LogP contribution in [-0.4, -0.2) is 62.5 Å². The van der Waals surface area contributed by atoms with Crippen LogP contribution in [-0.2, 0) is 23.8 Å². The highest BCUT2D eigenvalue weighted by Gasteiger charge is 2.39. The van der Waals surface area contributed by atoms with E-state index in [0.29, 0.717) is 12.8 Å². The van der Waals surface area contributed by atoms with E-state index in [0.717, 1.165) is 19.3 Å². The van der Waals surface area contributed by atoms with Crippen molar-refractivity contribution in [3.05, 3.63) is 16.7 Å². The molecule has 1 fully saturated rings. The summed E-state index contributed by atoms with van der Waals surface area (Å²) in [5.41, 5.74) is 11.3. The van der Waals surface area contributed by atoms with E-state index in [9.17, 15) is 18.8 Å². The van der Waals surface area contributed by atoms with Gasteiger partial charge >= 0.3 is 11.9 Å². The van der Waals surface area contributed by atoms with Crippen molar-refractivity contribution in [3.63, 3.8) is 0 Å². The van der Waals surface area contributed by atoms with Gasteiger partial charge in [0.25, 0.3) is 5.56 Å². The van der Waals surface area contributed by atoms with Crippen LogP contribution < -0.4 is 17.0 Å². The molecular weight excluding hydrogens is 487 g/mol. The molecule has 0 saturated carbocycles. The summed E-state index contributed by atoms with van der Waals surface area (Å²) >= 11 is 0. The van der Waals surface area contributed by atoms with Crippen LogP contribution in [0.3, 0.4) is 0 Å². The molecule has 206 valence electrons. The lowest BCUT2D eigenvalue weighted by Crippen LogP contribution is -2.42. The van der Waals surface area contributed by atoms with Gasteiger partial charge in [-0.15, -0.1) is 0 Å². The standard InChI is InChI=1S/C24H37FN6O6/c1-4-6-7-8-9-15(37-23(34)18(26)13(3)5-2)22(33)35-11-16-14(25)10-17(36-16)31-12-28-19-20(31)29-24(27)30-21(19)32/h12-18H,4-11,26H2,1-3H3,(H3,27,29,30,32)/t13-,14?,15?,16+,17+,18-/m0/s1. The van der Waals surface area contributed by atoms with E-state index in [-0.39, 0.29) is 42.5 Å². The topological polar surface area (TPSA) is 177 Å². The second kappa shape index (κ2) is 13.0. The molecule has 1 saturated heterocycles. The average Bonchev–Trinajstić information content (AvgIpc) is 3.46. The lowest BCUT2D eigenvalue weighted by Gasteiger charge is -2.22. The number of anilines is 1. The maximum atomic E-state index is 14.8. The molecule has 0 radical (unpaired) electrons. The largest absolute Gasteiger partial charge is 0.460 e. The highest BCUT2D eigenvalue weighted by molar-refractivity contribution is 5.82. The number of H-pyrrole nitrogens is 1. The second-order valence-electron chi connectivity index (χ2n) is 9.47. The highest BCUT2D eigenvalue weighted by atomic mass is 19.1. The number of rotatable bonds is 13. The van der Waals surface area contributed by atoms with Crippen LogP contribution in [0, 0.1) is 5.92 Å². The Bertz CT molecular complexity index is 1120. The molecule has 0 aliphatic carbocycles. The van der Waals surface area contributed by atoms with Crippen LogP contribution in [0.4, 0.5) is 10.3 Å². The third-order valence-electron chi connectivity index (χ3n) is 6.68. The van der Waals surface area contributed by atoms with Crippen LogP contribution in [0.15, 0.2) is 11.1 Å². The lowest BCUT2D eigenvalue weighted by atomic mass is 10.0. The number of nitrogens with zero attached hydrogens (tertiary/aromatic N) is 3. The molecule has 3 rings (SSSR count). The number of carbonyl (C=O) groups is 2. The molecule has 0 aromatic carbocycles. The fourth-order valence-electron chi connectivity index (χ4n) is 4.11. The molecule has 6 atom stereocenters. The van der Waals surface area contributed by atoms with E-state index in [1.54, 1.807) is 0 Å². The molecule has 3 heterocycles. The van der Waals surface area contributed by atoms with Gasteiger partial charge in [-0.25, -0.2) is 14.2 Å². The zero-order valence-electron chi connectivity index (χ0n) is 21.5. The number of alkyl halides is 1. The number of carbonyl (C=O) groups excluding carboxylic acids is 2. The number of nitrogen functional groups attached to an aromatic ring is 1. The van der Waals surface area contributed by atoms with Gasteiger partial charge in [0.15, 0.2) is 17.3 Å². The zero-order valence-corrected chi connectivity index (χ0v) is 21.5. The summed E-state index contributed by atoms with van der Waals surface area (Å²) in [6.45, 7) is 5.43. The number of nitrogens with two attached hydrogens (primary N) is 2. The van der Waals surface area contributed by atoms with Gasteiger partial charge in [-0.3, -0.25) is 19.1 Å². The molecule has 13 heteroatoms. The Kier molecular flexibility index (Phi) is 9.98. The van der Waals surface area contributed by atoms with Crippen molar-refractivity contribution in [3.8, 4) is 0 Å². The molecule has 1 aliphatic rings. The molecular formula is C24H37FN6O6. The van der Waals surface area contributed by atoms with Crippen LogP contribution in [0.2, 0.25) is 0 Å².